The van der Waals surface area contributed by atoms with Crippen molar-refractivity contribution in [2.45, 2.75) is 25.4 Å². The number of nitrogens with one attached hydrogen (secondary N) is 1. The number of fused-ring (bicyclic) bond motifs is 5. The highest BCUT2D eigenvalue weighted by atomic mass is 35.5. The molecule has 0 radical (unpaired) electrons. The van der Waals surface area contributed by atoms with E-state index in [-0.39, 0.29) is 61.1 Å². The van der Waals surface area contributed by atoms with Crippen LogP contribution in [0.4, 0.5) is 0 Å². The van der Waals surface area contributed by atoms with Gasteiger partial charge in [-0.3, -0.25) is 19.4 Å². The third-order valence-corrected chi connectivity index (χ3v) is 5.77. The summed E-state index contributed by atoms with van der Waals surface area (Å²) >= 11 is 0. The van der Waals surface area contributed by atoms with Crippen LogP contribution in [0.1, 0.15) is 28.8 Å². The van der Waals surface area contributed by atoms with E-state index in [1.165, 1.54) is 0 Å². The molecule has 1 aliphatic carbocycles. The quantitative estimate of drug-likeness (QED) is 0.157. The summed E-state index contributed by atoms with van der Waals surface area (Å²) in [6.07, 6.45) is 0.999. The van der Waals surface area contributed by atoms with Gasteiger partial charge in [-0.05, 0) is 18.9 Å². The van der Waals surface area contributed by atoms with E-state index in [1.807, 2.05) is 24.3 Å². The van der Waals surface area contributed by atoms with Gasteiger partial charge in [-0.2, -0.15) is 0 Å². The molecule has 0 saturated carbocycles. The second kappa shape index (κ2) is 11.8. The normalized spacial score (nSPS) is 12.1. The number of ketones is 1. The molecule has 4 rings (SSSR count). The van der Waals surface area contributed by atoms with Crippen LogP contribution in [0.2, 0.25) is 0 Å². The second-order valence-electron chi connectivity index (χ2n) is 7.95. The van der Waals surface area contributed by atoms with Gasteiger partial charge < -0.3 is 27.1 Å². The maximum Gasteiger partial charge on any atom is 0.259 e. The van der Waals surface area contributed by atoms with Crippen LogP contribution in [-0.2, 0) is 11.3 Å². The van der Waals surface area contributed by atoms with Gasteiger partial charge in [0.2, 0.25) is 5.91 Å². The fourth-order valence-corrected chi connectivity index (χ4v) is 4.22. The first-order valence-electron chi connectivity index (χ1n) is 10.8. The summed E-state index contributed by atoms with van der Waals surface area (Å²) in [5.41, 5.74) is 18.7. The lowest BCUT2D eigenvalue weighted by Crippen LogP contribution is -2.42. The van der Waals surface area contributed by atoms with Crippen LogP contribution < -0.4 is 28.1 Å². The lowest BCUT2D eigenvalue weighted by atomic mass is 10.0. The standard InChI is InChI=1S/C24H26N6O3.2ClH/c25-18(10-5-11-29-24(26)27)22(32)28-12-13-30-20-15-7-2-3-8-16(15)21(31)19(20)14-6-1-4-9-17(14)23(30)33;;/h1-4,6-9,18H,5,10-13,25H2,(H,28,32)(H4,26,27,29);2*1H. The Morgan fingerprint density at radius 1 is 0.971 bits per heavy atom. The van der Waals surface area contributed by atoms with Crippen LogP contribution in [0.5, 0.6) is 0 Å². The number of rotatable bonds is 8. The molecule has 1 heterocycles. The number of carbonyl (C=O) groups is 2. The minimum absolute atomic E-state index is 0. The third-order valence-electron chi connectivity index (χ3n) is 5.77. The number of benzene rings is 2. The molecule has 7 N–H and O–H groups in total. The Kier molecular flexibility index (Phi) is 9.41. The summed E-state index contributed by atoms with van der Waals surface area (Å²) in [5, 5.41) is 3.90. The van der Waals surface area contributed by atoms with E-state index in [2.05, 4.69) is 10.3 Å². The SMILES string of the molecule is Cl.Cl.NC(N)=NCCCC(N)C(=O)NCCn1c2c(c3ccccc3c1=O)C(=O)c1ccccc1-2. The molecule has 2 aromatic carbocycles. The summed E-state index contributed by atoms with van der Waals surface area (Å²) in [7, 11) is 0. The monoisotopic (exact) mass is 518 g/mol. The largest absolute Gasteiger partial charge is 0.370 e. The summed E-state index contributed by atoms with van der Waals surface area (Å²) in [6.45, 7) is 0.803. The van der Waals surface area contributed by atoms with E-state index in [9.17, 15) is 14.4 Å². The average Bonchev–Trinajstić information content (AvgIpc) is 3.11. The van der Waals surface area contributed by atoms with Gasteiger partial charge in [-0.1, -0.05) is 42.5 Å². The van der Waals surface area contributed by atoms with Crippen molar-refractivity contribution in [3.05, 3.63) is 70.0 Å². The number of hydrogen-bond acceptors (Lipinski definition) is 5. The smallest absolute Gasteiger partial charge is 0.259 e. The number of aromatic nitrogens is 1. The Labute approximate surface area is 214 Å². The molecule has 35 heavy (non-hydrogen) atoms. The first-order chi connectivity index (χ1) is 15.9. The predicted molar refractivity (Wildman–Crippen MR) is 142 cm³/mol. The summed E-state index contributed by atoms with van der Waals surface area (Å²) in [6, 6.07) is 13.7. The summed E-state index contributed by atoms with van der Waals surface area (Å²) < 4.78 is 1.58. The number of guanidine groups is 1. The highest BCUT2D eigenvalue weighted by Gasteiger charge is 2.32. The number of nitrogens with zero attached hydrogens (tertiary/aromatic N) is 2. The van der Waals surface area contributed by atoms with Crippen molar-refractivity contribution in [1.82, 2.24) is 9.88 Å². The van der Waals surface area contributed by atoms with Crippen LogP contribution in [0.3, 0.4) is 0 Å². The molecule has 3 aromatic rings. The number of hydrogen-bond donors (Lipinski definition) is 4. The van der Waals surface area contributed by atoms with Crippen molar-refractivity contribution in [3.8, 4) is 11.3 Å². The fraction of sp³-hybridized carbons (Fsp3) is 0.250. The Hall–Kier alpha value is -3.40. The van der Waals surface area contributed by atoms with Crippen LogP contribution in [0.25, 0.3) is 22.0 Å². The van der Waals surface area contributed by atoms with E-state index in [4.69, 9.17) is 17.2 Å². The molecule has 186 valence electrons. The number of halogens is 2. The molecule has 0 aliphatic heterocycles. The lowest BCUT2D eigenvalue weighted by Gasteiger charge is -2.16. The first-order valence-corrected chi connectivity index (χ1v) is 10.8. The van der Waals surface area contributed by atoms with Crippen LogP contribution >= 0.6 is 24.8 Å². The molecular formula is C24H28Cl2N6O3. The minimum Gasteiger partial charge on any atom is -0.370 e. The molecule has 0 spiro atoms. The highest BCUT2D eigenvalue weighted by molar-refractivity contribution is 6.26. The topological polar surface area (TPSA) is 159 Å². The number of amides is 1. The van der Waals surface area contributed by atoms with Gasteiger partial charge in [-0.25, -0.2) is 0 Å². The lowest BCUT2D eigenvalue weighted by molar-refractivity contribution is -0.122. The molecule has 0 saturated heterocycles. The first kappa shape index (κ1) is 27.8. The van der Waals surface area contributed by atoms with Gasteiger partial charge in [0.05, 0.1) is 17.3 Å². The van der Waals surface area contributed by atoms with Gasteiger partial charge >= 0.3 is 0 Å². The zero-order valence-corrected chi connectivity index (χ0v) is 20.5. The summed E-state index contributed by atoms with van der Waals surface area (Å²) in [5.74, 6) is -0.416. The molecule has 1 aromatic heterocycles. The highest BCUT2D eigenvalue weighted by Crippen LogP contribution is 2.38. The van der Waals surface area contributed by atoms with Crippen LogP contribution in [0, 0.1) is 0 Å². The van der Waals surface area contributed by atoms with Crippen molar-refractivity contribution in [2.24, 2.45) is 22.2 Å². The van der Waals surface area contributed by atoms with E-state index in [0.29, 0.717) is 47.0 Å². The number of nitrogens with two attached hydrogens (primary N) is 3. The Morgan fingerprint density at radius 3 is 2.29 bits per heavy atom. The van der Waals surface area contributed by atoms with Crippen molar-refractivity contribution >= 4 is 53.2 Å². The molecule has 0 fully saturated rings. The zero-order chi connectivity index (χ0) is 23.5. The maximum atomic E-state index is 13.3. The Balaban J connectivity index is 0.00000216. The van der Waals surface area contributed by atoms with Crippen molar-refractivity contribution < 1.29 is 9.59 Å². The van der Waals surface area contributed by atoms with Gasteiger partial charge in [0, 0.05) is 41.5 Å². The molecule has 0 bridgehead atoms. The molecule has 1 unspecified atom stereocenters. The molecule has 1 amide bonds. The molecule has 9 nitrogen and oxygen atoms in total. The minimum atomic E-state index is -0.708. The van der Waals surface area contributed by atoms with Gasteiger partial charge in [0.15, 0.2) is 11.7 Å². The van der Waals surface area contributed by atoms with Crippen molar-refractivity contribution in [1.29, 1.82) is 0 Å². The number of aliphatic imine (C=N–C) groups is 1. The molecule has 11 heteroatoms. The van der Waals surface area contributed by atoms with Gasteiger partial charge in [0.25, 0.3) is 5.56 Å². The second-order valence-corrected chi connectivity index (χ2v) is 7.95. The predicted octanol–water partition coefficient (Wildman–Crippen LogP) is 1.55. The molecule has 1 aliphatic rings. The average molecular weight is 519 g/mol. The zero-order valence-electron chi connectivity index (χ0n) is 18.9. The summed E-state index contributed by atoms with van der Waals surface area (Å²) in [4.78, 5) is 42.8. The van der Waals surface area contributed by atoms with E-state index >= 15 is 0 Å². The Bertz CT molecular complexity index is 1330. The van der Waals surface area contributed by atoms with Crippen molar-refractivity contribution in [3.63, 3.8) is 0 Å². The third kappa shape index (κ3) is 5.48. The molecule has 1 atom stereocenters. The Morgan fingerprint density at radius 2 is 1.60 bits per heavy atom. The number of carbonyl (C=O) groups excluding carboxylic acids is 2. The van der Waals surface area contributed by atoms with E-state index in [1.54, 1.807) is 28.8 Å². The van der Waals surface area contributed by atoms with E-state index < -0.39 is 6.04 Å². The fourth-order valence-electron chi connectivity index (χ4n) is 4.22. The maximum absolute atomic E-state index is 13.3. The van der Waals surface area contributed by atoms with Crippen LogP contribution in [0.15, 0.2) is 58.3 Å². The van der Waals surface area contributed by atoms with Gasteiger partial charge in [0.1, 0.15) is 0 Å². The molecular weight excluding hydrogens is 491 g/mol. The van der Waals surface area contributed by atoms with Crippen LogP contribution in [-0.4, -0.2) is 41.3 Å². The van der Waals surface area contributed by atoms with Crippen molar-refractivity contribution in [2.75, 3.05) is 13.1 Å². The number of pyridine rings is 1. The van der Waals surface area contributed by atoms with E-state index in [0.717, 1.165) is 5.56 Å². The van der Waals surface area contributed by atoms with Gasteiger partial charge in [-0.15, -0.1) is 24.8 Å².